The number of nitrogens with one attached hydrogen (secondary N) is 2. The normalized spacial score (nSPS) is 11.2. The van der Waals surface area contributed by atoms with Gasteiger partial charge < -0.3 is 20.1 Å². The predicted molar refractivity (Wildman–Crippen MR) is 135 cm³/mol. The molecule has 1 aromatic carbocycles. The number of esters is 1. The number of ether oxygens (including phenoxy) is 2. The van der Waals surface area contributed by atoms with E-state index in [2.05, 4.69) is 25.6 Å². The number of nitrogens with zero attached hydrogens (tertiary/aromatic N) is 4. The Hall–Kier alpha value is -2.98. The lowest BCUT2D eigenvalue weighted by atomic mass is 10.1. The number of aryl methyl sites for hydroxylation is 2. The van der Waals surface area contributed by atoms with E-state index in [1.807, 2.05) is 52.8 Å². The van der Waals surface area contributed by atoms with Crippen molar-refractivity contribution in [2.24, 2.45) is 0 Å². The molecule has 0 spiro atoms. The first-order valence-corrected chi connectivity index (χ1v) is 11.3. The van der Waals surface area contributed by atoms with Crippen molar-refractivity contribution >= 4 is 41.1 Å². The van der Waals surface area contributed by atoms with E-state index < -0.39 is 12.0 Å². The van der Waals surface area contributed by atoms with Crippen LogP contribution in [0.4, 0.5) is 17.6 Å². The molecule has 1 unspecified atom stereocenters. The van der Waals surface area contributed by atoms with Crippen LogP contribution in [0.2, 0.25) is 5.28 Å². The molecule has 0 aliphatic rings. The number of hydrogen-bond acceptors (Lipinski definition) is 9. The summed E-state index contributed by atoms with van der Waals surface area (Å²) in [5.74, 6) is 0.256. The second-order valence-electron chi connectivity index (χ2n) is 7.72. The van der Waals surface area contributed by atoms with Crippen molar-refractivity contribution < 1.29 is 19.1 Å². The van der Waals surface area contributed by atoms with Gasteiger partial charge in [0.25, 0.3) is 5.91 Å². The summed E-state index contributed by atoms with van der Waals surface area (Å²) in [6, 6.07) is 5.28. The zero-order valence-corrected chi connectivity index (χ0v) is 21.9. The van der Waals surface area contributed by atoms with Gasteiger partial charge in [0.05, 0.1) is 12.8 Å². The maximum atomic E-state index is 12.3. The van der Waals surface area contributed by atoms with Crippen LogP contribution >= 0.6 is 11.6 Å². The van der Waals surface area contributed by atoms with Gasteiger partial charge in [-0.2, -0.15) is 15.0 Å². The Balaban J connectivity index is 0.000000362. The molecule has 1 heterocycles. The molecular weight excluding hydrogens is 460 g/mol. The van der Waals surface area contributed by atoms with Crippen LogP contribution in [0.25, 0.3) is 0 Å². The van der Waals surface area contributed by atoms with Crippen molar-refractivity contribution in [1.29, 1.82) is 0 Å². The Morgan fingerprint density at radius 1 is 1.06 bits per heavy atom. The Morgan fingerprint density at radius 2 is 1.65 bits per heavy atom. The number of benzene rings is 1. The largest absolute Gasteiger partial charge is 0.467 e. The van der Waals surface area contributed by atoms with Crippen molar-refractivity contribution in [1.82, 2.24) is 15.0 Å². The number of halogens is 1. The van der Waals surface area contributed by atoms with Crippen molar-refractivity contribution in [3.63, 3.8) is 0 Å². The lowest BCUT2D eigenvalue weighted by molar-refractivity contribution is -0.143. The van der Waals surface area contributed by atoms with Crippen LogP contribution < -0.4 is 15.5 Å². The maximum absolute atomic E-state index is 12.3. The minimum Gasteiger partial charge on any atom is -0.467 e. The topological polar surface area (TPSA) is 119 Å². The molecule has 2 N–H and O–H groups in total. The number of para-hydroxylation sites is 1. The van der Waals surface area contributed by atoms with E-state index in [1.54, 1.807) is 6.92 Å². The van der Waals surface area contributed by atoms with E-state index in [0.717, 1.165) is 23.4 Å². The highest BCUT2D eigenvalue weighted by atomic mass is 35.5. The Morgan fingerprint density at radius 3 is 2.15 bits per heavy atom. The van der Waals surface area contributed by atoms with Crippen LogP contribution in [0.15, 0.2) is 18.2 Å². The first-order valence-electron chi connectivity index (χ1n) is 10.9. The van der Waals surface area contributed by atoms with Crippen LogP contribution in [-0.4, -0.2) is 66.3 Å². The minimum absolute atomic E-state index is 0.0882. The molecule has 0 saturated carbocycles. The van der Waals surface area contributed by atoms with Gasteiger partial charge in [0.1, 0.15) is 12.6 Å². The Bertz CT molecular complexity index is 937. The fraction of sp³-hybridized carbons (Fsp3) is 0.522. The van der Waals surface area contributed by atoms with Crippen LogP contribution in [0.5, 0.6) is 0 Å². The molecule has 0 saturated heterocycles. The molecule has 1 aromatic heterocycles. The monoisotopic (exact) mass is 494 g/mol. The van der Waals surface area contributed by atoms with Crippen LogP contribution in [0.1, 0.15) is 38.8 Å². The summed E-state index contributed by atoms with van der Waals surface area (Å²) in [5, 5.41) is 6.23. The van der Waals surface area contributed by atoms with Gasteiger partial charge in [-0.05, 0) is 64.3 Å². The molecule has 2 rings (SSSR count). The summed E-state index contributed by atoms with van der Waals surface area (Å²) < 4.78 is 9.65. The third kappa shape index (κ3) is 8.75. The molecule has 11 heteroatoms. The molecule has 0 bridgehead atoms. The summed E-state index contributed by atoms with van der Waals surface area (Å²) >= 11 is 5.73. The molecule has 34 heavy (non-hydrogen) atoms. The fourth-order valence-corrected chi connectivity index (χ4v) is 3.26. The van der Waals surface area contributed by atoms with Gasteiger partial charge in [-0.15, -0.1) is 0 Å². The Labute approximate surface area is 206 Å². The van der Waals surface area contributed by atoms with Crippen molar-refractivity contribution in [3.8, 4) is 0 Å². The second kappa shape index (κ2) is 14.3. The third-order valence-corrected chi connectivity index (χ3v) is 4.68. The van der Waals surface area contributed by atoms with Crippen molar-refractivity contribution in [3.05, 3.63) is 34.6 Å². The first-order chi connectivity index (χ1) is 16.0. The quantitative estimate of drug-likeness (QED) is 0.503. The fourth-order valence-electron chi connectivity index (χ4n) is 3.10. The zero-order chi connectivity index (χ0) is 25.8. The summed E-state index contributed by atoms with van der Waals surface area (Å²) in [4.78, 5) is 37.6. The summed E-state index contributed by atoms with van der Waals surface area (Å²) in [7, 11) is 2.76. The van der Waals surface area contributed by atoms with Gasteiger partial charge in [-0.25, -0.2) is 4.79 Å². The molecule has 0 radical (unpaired) electrons. The number of carbonyl (C=O) groups is 2. The van der Waals surface area contributed by atoms with E-state index in [0.29, 0.717) is 11.9 Å². The molecule has 1 atom stereocenters. The number of aromatic nitrogens is 3. The highest BCUT2D eigenvalue weighted by Gasteiger charge is 2.29. The van der Waals surface area contributed by atoms with Crippen LogP contribution in [0.3, 0.4) is 0 Å². The average molecular weight is 495 g/mol. The molecule has 188 valence electrons. The third-order valence-electron chi connectivity index (χ3n) is 4.51. The van der Waals surface area contributed by atoms with E-state index >= 15 is 0 Å². The molecule has 1 amide bonds. The minimum atomic E-state index is -0.706. The molecule has 2 aromatic rings. The standard InChI is InChI=1S/C15H21NO4.C8H14ClN5/c1-10-7-6-8-11(2)14(10)16(13(17)9-19-4)12(3)15(18)20-5;1-4-10-7-12-6(9)13-8(14-7)11-5(2)3/h6-8,12H,9H2,1-5H3;5H,4H2,1-3H3,(H2,10,11,12,13,14). The number of methoxy groups -OCH3 is 2. The summed E-state index contributed by atoms with van der Waals surface area (Å²) in [6.45, 7) is 12.1. The molecule has 0 fully saturated rings. The second-order valence-corrected chi connectivity index (χ2v) is 8.06. The highest BCUT2D eigenvalue weighted by Crippen LogP contribution is 2.27. The van der Waals surface area contributed by atoms with E-state index in [1.165, 1.54) is 19.1 Å². The van der Waals surface area contributed by atoms with Gasteiger partial charge in [0.2, 0.25) is 17.2 Å². The molecule has 0 aliphatic heterocycles. The van der Waals surface area contributed by atoms with Gasteiger partial charge in [-0.3, -0.25) is 9.69 Å². The Kier molecular flexibility index (Phi) is 12.2. The number of rotatable bonds is 9. The van der Waals surface area contributed by atoms with Gasteiger partial charge in [0, 0.05) is 19.7 Å². The van der Waals surface area contributed by atoms with Crippen molar-refractivity contribution in [2.45, 2.75) is 53.6 Å². The van der Waals surface area contributed by atoms with Crippen LogP contribution in [0, 0.1) is 13.8 Å². The number of amides is 1. The zero-order valence-electron chi connectivity index (χ0n) is 21.1. The summed E-state index contributed by atoms with van der Waals surface area (Å²) in [6.07, 6.45) is 0. The van der Waals surface area contributed by atoms with Gasteiger partial charge in [-0.1, -0.05) is 18.2 Å². The van der Waals surface area contributed by atoms with E-state index in [-0.39, 0.29) is 23.8 Å². The lowest BCUT2D eigenvalue weighted by Gasteiger charge is -2.30. The van der Waals surface area contributed by atoms with Crippen LogP contribution in [-0.2, 0) is 19.1 Å². The number of hydrogen-bond donors (Lipinski definition) is 2. The first kappa shape index (κ1) is 29.1. The maximum Gasteiger partial charge on any atom is 0.328 e. The SMILES string of the molecule is CCNc1nc(Cl)nc(NC(C)C)n1.COCC(=O)N(c1c(C)cccc1C)C(C)C(=O)OC. The molecular formula is C23H35ClN6O4. The van der Waals surface area contributed by atoms with Crippen molar-refractivity contribution in [2.75, 3.05) is 42.9 Å². The van der Waals surface area contributed by atoms with Gasteiger partial charge >= 0.3 is 5.97 Å². The highest BCUT2D eigenvalue weighted by molar-refractivity contribution is 6.28. The molecule has 0 aliphatic carbocycles. The molecule has 10 nitrogen and oxygen atoms in total. The lowest BCUT2D eigenvalue weighted by Crippen LogP contribution is -2.46. The smallest absolute Gasteiger partial charge is 0.328 e. The van der Waals surface area contributed by atoms with E-state index in [4.69, 9.17) is 21.1 Å². The van der Waals surface area contributed by atoms with E-state index in [9.17, 15) is 9.59 Å². The number of anilines is 3. The number of carbonyl (C=O) groups excluding carboxylic acids is 2. The predicted octanol–water partition coefficient (Wildman–Crippen LogP) is 3.62. The summed E-state index contributed by atoms with van der Waals surface area (Å²) in [5.41, 5.74) is 2.57. The van der Waals surface area contributed by atoms with Gasteiger partial charge in [0.15, 0.2) is 0 Å². The average Bonchev–Trinajstić information content (AvgIpc) is 2.75.